The van der Waals surface area contributed by atoms with Gasteiger partial charge in [0.15, 0.2) is 0 Å². The number of alkyl halides is 3. The number of ether oxygens (including phenoxy) is 1. The van der Waals surface area contributed by atoms with Crippen LogP contribution in [-0.2, 0) is 9.03 Å². The zero-order valence-corrected chi connectivity index (χ0v) is 18.4. The van der Waals surface area contributed by atoms with Gasteiger partial charge in [-0.15, -0.1) is 0 Å². The molecular formula is C16H21Cl5O6. The van der Waals surface area contributed by atoms with E-state index in [0.717, 1.165) is 12.8 Å². The lowest BCUT2D eigenvalue weighted by Crippen LogP contribution is -2.15. The van der Waals surface area contributed by atoms with E-state index in [2.05, 4.69) is 20.6 Å². The van der Waals surface area contributed by atoms with E-state index in [1.807, 2.05) is 19.9 Å². The largest absolute Gasteiger partial charge is 0.407 e. The fourth-order valence-corrected chi connectivity index (χ4v) is 1.89. The minimum atomic E-state index is -2.04. The Morgan fingerprint density at radius 2 is 1.48 bits per heavy atom. The molecule has 0 aliphatic carbocycles. The molecule has 1 aromatic carbocycles. The highest BCUT2D eigenvalue weighted by molar-refractivity contribution is 6.69. The van der Waals surface area contributed by atoms with Crippen molar-refractivity contribution in [3.8, 4) is 0 Å². The molecule has 0 fully saturated rings. The van der Waals surface area contributed by atoms with Crippen molar-refractivity contribution in [1.82, 2.24) is 0 Å². The van der Waals surface area contributed by atoms with Crippen LogP contribution in [-0.4, -0.2) is 37.8 Å². The van der Waals surface area contributed by atoms with Crippen molar-refractivity contribution in [1.29, 1.82) is 0 Å². The van der Waals surface area contributed by atoms with E-state index in [4.69, 9.17) is 56.9 Å². The molecule has 0 radical (unpaired) electrons. The van der Waals surface area contributed by atoms with E-state index in [0.29, 0.717) is 12.0 Å². The first kappa shape index (κ1) is 28.7. The molecule has 2 unspecified atom stereocenters. The van der Waals surface area contributed by atoms with Crippen LogP contribution >= 0.6 is 58.3 Å². The SMILES string of the molecule is CCC(O)CC(O)CC.O=C(Cl)OC(Cl)(Cl)Cl.O=C(OCl)c1ccccc1. The Morgan fingerprint density at radius 3 is 1.74 bits per heavy atom. The van der Waals surface area contributed by atoms with Gasteiger partial charge in [-0.25, -0.2) is 9.59 Å². The van der Waals surface area contributed by atoms with Gasteiger partial charge < -0.3 is 19.2 Å². The van der Waals surface area contributed by atoms with Crippen LogP contribution in [0.1, 0.15) is 43.5 Å². The second-order valence-electron chi connectivity index (χ2n) is 4.88. The summed E-state index contributed by atoms with van der Waals surface area (Å²) in [5.74, 6) is -0.526. The van der Waals surface area contributed by atoms with Gasteiger partial charge in [0.2, 0.25) is 0 Å². The highest BCUT2D eigenvalue weighted by Gasteiger charge is 2.23. The number of aliphatic hydroxyl groups is 2. The van der Waals surface area contributed by atoms with Crippen LogP contribution in [0.5, 0.6) is 0 Å². The van der Waals surface area contributed by atoms with E-state index in [-0.39, 0.29) is 12.2 Å². The Kier molecular flexibility index (Phi) is 17.5. The Hall–Kier alpha value is -0.470. The minimum Gasteiger partial charge on any atom is -0.402 e. The van der Waals surface area contributed by atoms with Crippen LogP contribution in [0, 0.1) is 0 Å². The molecule has 0 aliphatic heterocycles. The molecule has 1 aromatic rings. The quantitative estimate of drug-likeness (QED) is 0.415. The maximum atomic E-state index is 10.7. The summed E-state index contributed by atoms with van der Waals surface area (Å²) in [6.07, 6.45) is 1.35. The second kappa shape index (κ2) is 16.5. The Balaban J connectivity index is 0. The molecule has 2 atom stereocenters. The second-order valence-corrected chi connectivity index (χ2v) is 7.52. The lowest BCUT2D eigenvalue weighted by molar-refractivity contribution is 0.0748. The summed E-state index contributed by atoms with van der Waals surface area (Å²) in [7, 11) is 0. The Bertz CT molecular complexity index is 516. The van der Waals surface area contributed by atoms with Crippen molar-refractivity contribution >= 4 is 69.7 Å². The molecule has 0 bridgehead atoms. The maximum absolute atomic E-state index is 10.7. The van der Waals surface area contributed by atoms with Crippen LogP contribution in [0.25, 0.3) is 0 Å². The summed E-state index contributed by atoms with van der Waals surface area (Å²) in [4.78, 5) is 20.4. The van der Waals surface area contributed by atoms with Crippen molar-refractivity contribution in [2.24, 2.45) is 0 Å². The number of carbonyl (C=O) groups is 2. The molecule has 11 heteroatoms. The third kappa shape index (κ3) is 20.1. The van der Waals surface area contributed by atoms with Gasteiger partial charge >= 0.3 is 15.4 Å². The topological polar surface area (TPSA) is 93.1 Å². The van der Waals surface area contributed by atoms with Gasteiger partial charge in [0, 0.05) is 11.6 Å². The molecule has 0 aliphatic rings. The maximum Gasteiger partial charge on any atom is 0.407 e. The average Bonchev–Trinajstić information content (AvgIpc) is 2.60. The fourth-order valence-electron chi connectivity index (χ4n) is 1.36. The Labute approximate surface area is 183 Å². The Morgan fingerprint density at radius 1 is 1.04 bits per heavy atom. The average molecular weight is 487 g/mol. The highest BCUT2D eigenvalue weighted by atomic mass is 35.6. The minimum absolute atomic E-state index is 0.319. The van der Waals surface area contributed by atoms with E-state index in [1.54, 1.807) is 24.3 Å². The normalized spacial score (nSPS) is 12.3. The van der Waals surface area contributed by atoms with Crippen LogP contribution in [0.2, 0.25) is 0 Å². The molecule has 156 valence electrons. The van der Waals surface area contributed by atoms with Crippen molar-refractivity contribution in [2.75, 3.05) is 0 Å². The predicted molar refractivity (Wildman–Crippen MR) is 108 cm³/mol. The standard InChI is InChI=1S/C7H5ClO2.C7H16O2.C2Cl4O2/c8-10-7(9)6-4-2-1-3-5-6;1-3-6(8)5-7(9)4-2;3-1(7)8-2(4,5)6/h1-5H;6-9H,3-5H2,1-2H3;. The number of hydrogen-bond acceptors (Lipinski definition) is 6. The van der Waals surface area contributed by atoms with E-state index < -0.39 is 15.4 Å². The first-order valence-corrected chi connectivity index (χ1v) is 9.48. The molecular weight excluding hydrogens is 465 g/mol. The van der Waals surface area contributed by atoms with Gasteiger partial charge in [0.25, 0.3) is 0 Å². The number of rotatable bonds is 5. The molecule has 0 spiro atoms. The predicted octanol–water partition coefficient (Wildman–Crippen LogP) is 5.61. The zero-order chi connectivity index (χ0) is 21.5. The van der Waals surface area contributed by atoms with Crippen LogP contribution in [0.4, 0.5) is 4.79 Å². The smallest absolute Gasteiger partial charge is 0.402 e. The number of aliphatic hydroxyl groups excluding tert-OH is 2. The fraction of sp³-hybridized carbons (Fsp3) is 0.500. The molecule has 0 amide bonds. The van der Waals surface area contributed by atoms with Crippen LogP contribution < -0.4 is 0 Å². The van der Waals surface area contributed by atoms with E-state index >= 15 is 0 Å². The number of hydrogen-bond donors (Lipinski definition) is 2. The molecule has 6 nitrogen and oxygen atoms in total. The van der Waals surface area contributed by atoms with Gasteiger partial charge in [0.1, 0.15) is 11.9 Å². The third-order valence-corrected chi connectivity index (χ3v) is 3.21. The summed E-state index contributed by atoms with van der Waals surface area (Å²) in [5, 5.41) is 18.0. The molecule has 0 saturated heterocycles. The molecule has 27 heavy (non-hydrogen) atoms. The van der Waals surface area contributed by atoms with Gasteiger partial charge in [-0.2, -0.15) is 0 Å². The lowest BCUT2D eigenvalue weighted by Gasteiger charge is -2.11. The number of carbonyl (C=O) groups excluding carboxylic acids is 2. The summed E-state index contributed by atoms with van der Waals surface area (Å²) >= 11 is 24.3. The summed E-state index contributed by atoms with van der Waals surface area (Å²) in [6.45, 7) is 3.82. The van der Waals surface area contributed by atoms with Gasteiger partial charge in [0.05, 0.1) is 17.8 Å². The summed E-state index contributed by atoms with van der Waals surface area (Å²) in [5.41, 5.74) is -0.692. The zero-order valence-electron chi connectivity index (χ0n) is 14.6. The molecule has 1 rings (SSSR count). The van der Waals surface area contributed by atoms with Crippen molar-refractivity contribution < 1.29 is 28.8 Å². The van der Waals surface area contributed by atoms with Crippen LogP contribution in [0.15, 0.2) is 30.3 Å². The lowest BCUT2D eigenvalue weighted by atomic mass is 10.1. The van der Waals surface area contributed by atoms with Gasteiger partial charge in [-0.3, -0.25) is 0 Å². The van der Waals surface area contributed by atoms with Crippen molar-refractivity contribution in [3.63, 3.8) is 0 Å². The first-order chi connectivity index (χ1) is 12.5. The monoisotopic (exact) mass is 484 g/mol. The van der Waals surface area contributed by atoms with E-state index in [1.165, 1.54) is 0 Å². The molecule has 0 aromatic heterocycles. The molecule has 0 saturated carbocycles. The summed E-state index contributed by atoms with van der Waals surface area (Å²) in [6, 6.07) is 8.55. The van der Waals surface area contributed by atoms with Crippen molar-refractivity contribution in [2.45, 2.75) is 49.3 Å². The molecule has 2 N–H and O–H groups in total. The van der Waals surface area contributed by atoms with E-state index in [9.17, 15) is 9.59 Å². The van der Waals surface area contributed by atoms with Crippen molar-refractivity contribution in [3.05, 3.63) is 35.9 Å². The number of halogens is 5. The van der Waals surface area contributed by atoms with Gasteiger partial charge in [-0.1, -0.05) is 32.0 Å². The first-order valence-electron chi connectivity index (χ1n) is 7.66. The summed E-state index contributed by atoms with van der Waals surface area (Å²) < 4.78 is 5.79. The molecule has 0 heterocycles. The number of benzene rings is 1. The third-order valence-electron chi connectivity index (χ3n) is 2.76. The van der Waals surface area contributed by atoms with Crippen LogP contribution in [0.3, 0.4) is 0 Å². The highest BCUT2D eigenvalue weighted by Crippen LogP contribution is 2.27. The van der Waals surface area contributed by atoms with Gasteiger partial charge in [-0.05, 0) is 66.2 Å².